The van der Waals surface area contributed by atoms with Crippen LogP contribution < -0.4 is 0 Å². The molecule has 4 heteroatoms. The lowest BCUT2D eigenvalue weighted by Crippen LogP contribution is -2.42. The summed E-state index contributed by atoms with van der Waals surface area (Å²) in [6.07, 6.45) is 3.03. The third-order valence-electron chi connectivity index (χ3n) is 2.07. The fraction of sp³-hybridized carbons (Fsp3) is 0.833. The van der Waals surface area contributed by atoms with E-state index in [1.807, 2.05) is 6.07 Å². The Kier molecular flexibility index (Phi) is 1.48. The van der Waals surface area contributed by atoms with Crippen molar-refractivity contribution in [2.45, 2.75) is 24.0 Å². The molecule has 0 radical (unpaired) electrons. The molecule has 0 aromatic rings. The van der Waals surface area contributed by atoms with E-state index in [-0.39, 0.29) is 0 Å². The molecule has 0 atom stereocenters. The largest absolute Gasteiger partial charge is 0.227 e. The molecule has 0 aromatic carbocycles. The Bertz CT molecular complexity index is 269. The Morgan fingerprint density at radius 1 is 1.50 bits per heavy atom. The zero-order valence-electron chi connectivity index (χ0n) is 5.79. The van der Waals surface area contributed by atoms with Crippen LogP contribution in [0.4, 0.5) is 0 Å². The molecule has 0 unspecified atom stereocenters. The van der Waals surface area contributed by atoms with Crippen LogP contribution in [0.2, 0.25) is 0 Å². The van der Waals surface area contributed by atoms with Gasteiger partial charge in [0.25, 0.3) is 0 Å². The van der Waals surface area contributed by atoms with Gasteiger partial charge in [-0.3, -0.25) is 0 Å². The van der Waals surface area contributed by atoms with Crippen molar-refractivity contribution in [1.29, 1.82) is 5.26 Å². The van der Waals surface area contributed by atoms with Crippen LogP contribution in [0.25, 0.3) is 0 Å². The first-order chi connectivity index (χ1) is 4.52. The molecule has 0 aromatic heterocycles. The minimum Gasteiger partial charge on any atom is -0.227 e. The van der Waals surface area contributed by atoms with Crippen LogP contribution in [0.3, 0.4) is 0 Å². The first-order valence-corrected chi connectivity index (χ1v) is 5.02. The molecule has 1 saturated carbocycles. The maximum Gasteiger partial charge on any atom is 0.166 e. The van der Waals surface area contributed by atoms with Crippen LogP contribution in [-0.2, 0) is 9.84 Å². The normalized spacial score (nSPS) is 22.8. The first-order valence-electron chi connectivity index (χ1n) is 3.13. The molecule has 1 rings (SSSR count). The van der Waals surface area contributed by atoms with Gasteiger partial charge in [-0.25, -0.2) is 8.42 Å². The first kappa shape index (κ1) is 7.55. The predicted molar refractivity (Wildman–Crippen MR) is 37.0 cm³/mol. The van der Waals surface area contributed by atoms with Gasteiger partial charge in [0, 0.05) is 6.26 Å². The topological polar surface area (TPSA) is 57.9 Å². The fourth-order valence-electron chi connectivity index (χ4n) is 1.06. The summed E-state index contributed by atoms with van der Waals surface area (Å²) in [7, 11) is -3.14. The number of nitrogens with zero attached hydrogens (tertiary/aromatic N) is 1. The SMILES string of the molecule is CS(=O)(=O)C1(C#N)CCC1. The molecule has 0 bridgehead atoms. The minimum absolute atomic E-state index is 0.516. The van der Waals surface area contributed by atoms with Gasteiger partial charge in [0.2, 0.25) is 0 Å². The number of hydrogen-bond donors (Lipinski definition) is 0. The van der Waals surface area contributed by atoms with Gasteiger partial charge in [0.1, 0.15) is 0 Å². The third-order valence-corrected chi connectivity index (χ3v) is 3.99. The van der Waals surface area contributed by atoms with Crippen LogP contribution in [-0.4, -0.2) is 19.4 Å². The zero-order valence-corrected chi connectivity index (χ0v) is 6.61. The molecule has 10 heavy (non-hydrogen) atoms. The summed E-state index contributed by atoms with van der Waals surface area (Å²) in [4.78, 5) is 0. The number of sulfone groups is 1. The number of nitriles is 1. The molecular formula is C6H9NO2S. The second-order valence-electron chi connectivity index (χ2n) is 2.73. The van der Waals surface area contributed by atoms with Gasteiger partial charge in [-0.2, -0.15) is 5.26 Å². The molecule has 1 aliphatic rings. The summed E-state index contributed by atoms with van der Waals surface area (Å²) in [5.74, 6) is 0. The van der Waals surface area contributed by atoms with Gasteiger partial charge in [0.05, 0.1) is 6.07 Å². The Morgan fingerprint density at radius 3 is 2.00 bits per heavy atom. The molecule has 0 heterocycles. The molecule has 0 N–H and O–H groups in total. The minimum atomic E-state index is -3.14. The van der Waals surface area contributed by atoms with E-state index in [0.29, 0.717) is 12.8 Å². The predicted octanol–water partition coefficient (Wildman–Crippen LogP) is 0.477. The van der Waals surface area contributed by atoms with Crippen molar-refractivity contribution >= 4 is 9.84 Å². The summed E-state index contributed by atoms with van der Waals surface area (Å²) >= 11 is 0. The van der Waals surface area contributed by atoms with Crippen LogP contribution >= 0.6 is 0 Å². The molecule has 1 aliphatic carbocycles. The lowest BCUT2D eigenvalue weighted by atomic mass is 9.86. The Balaban J connectivity index is 3.00. The quantitative estimate of drug-likeness (QED) is 0.559. The van der Waals surface area contributed by atoms with Crippen molar-refractivity contribution in [2.75, 3.05) is 6.26 Å². The average Bonchev–Trinajstić information content (AvgIpc) is 1.58. The van der Waals surface area contributed by atoms with E-state index < -0.39 is 14.6 Å². The van der Waals surface area contributed by atoms with E-state index in [9.17, 15) is 8.42 Å². The summed E-state index contributed by atoms with van der Waals surface area (Å²) in [6.45, 7) is 0. The lowest BCUT2D eigenvalue weighted by Gasteiger charge is -2.32. The van der Waals surface area contributed by atoms with E-state index in [0.717, 1.165) is 12.7 Å². The van der Waals surface area contributed by atoms with Crippen molar-refractivity contribution in [1.82, 2.24) is 0 Å². The van der Waals surface area contributed by atoms with Gasteiger partial charge in [-0.15, -0.1) is 0 Å². The van der Waals surface area contributed by atoms with E-state index in [4.69, 9.17) is 5.26 Å². The molecule has 56 valence electrons. The molecule has 0 spiro atoms. The van der Waals surface area contributed by atoms with Gasteiger partial charge < -0.3 is 0 Å². The van der Waals surface area contributed by atoms with Crippen molar-refractivity contribution in [3.05, 3.63) is 0 Å². The maximum absolute atomic E-state index is 10.9. The number of hydrogen-bond acceptors (Lipinski definition) is 3. The fourth-order valence-corrected chi connectivity index (χ4v) is 2.26. The maximum atomic E-state index is 10.9. The smallest absolute Gasteiger partial charge is 0.166 e. The van der Waals surface area contributed by atoms with Gasteiger partial charge >= 0.3 is 0 Å². The van der Waals surface area contributed by atoms with Crippen LogP contribution in [0, 0.1) is 11.3 Å². The van der Waals surface area contributed by atoms with Crippen LogP contribution in [0.15, 0.2) is 0 Å². The van der Waals surface area contributed by atoms with Crippen molar-refractivity contribution in [2.24, 2.45) is 0 Å². The summed E-state index contributed by atoms with van der Waals surface area (Å²) < 4.78 is 20.9. The van der Waals surface area contributed by atoms with Crippen LogP contribution in [0.5, 0.6) is 0 Å². The highest BCUT2D eigenvalue weighted by atomic mass is 32.2. The standard InChI is InChI=1S/C6H9NO2S/c1-10(8,9)6(5-7)3-2-4-6/h2-4H2,1H3. The summed E-state index contributed by atoms with van der Waals surface area (Å²) in [5, 5.41) is 8.54. The molecule has 0 aliphatic heterocycles. The van der Waals surface area contributed by atoms with E-state index in [2.05, 4.69) is 0 Å². The van der Waals surface area contributed by atoms with Crippen molar-refractivity contribution < 1.29 is 8.42 Å². The van der Waals surface area contributed by atoms with E-state index in [1.54, 1.807) is 0 Å². The van der Waals surface area contributed by atoms with Crippen LogP contribution in [0.1, 0.15) is 19.3 Å². The second kappa shape index (κ2) is 1.96. The Morgan fingerprint density at radius 2 is 2.00 bits per heavy atom. The van der Waals surface area contributed by atoms with Crippen molar-refractivity contribution in [3.63, 3.8) is 0 Å². The second-order valence-corrected chi connectivity index (χ2v) is 5.06. The van der Waals surface area contributed by atoms with E-state index >= 15 is 0 Å². The Hall–Kier alpha value is -0.560. The molecule has 0 amide bonds. The summed E-state index contributed by atoms with van der Waals surface area (Å²) in [5.41, 5.74) is 0. The monoisotopic (exact) mass is 159 g/mol. The van der Waals surface area contributed by atoms with Crippen molar-refractivity contribution in [3.8, 4) is 6.07 Å². The number of rotatable bonds is 1. The van der Waals surface area contributed by atoms with Gasteiger partial charge in [0.15, 0.2) is 14.6 Å². The lowest BCUT2D eigenvalue weighted by molar-refractivity contribution is 0.409. The Labute approximate surface area is 60.6 Å². The third kappa shape index (κ3) is 0.816. The molecular weight excluding hydrogens is 150 g/mol. The highest BCUT2D eigenvalue weighted by molar-refractivity contribution is 7.92. The van der Waals surface area contributed by atoms with Gasteiger partial charge in [-0.1, -0.05) is 0 Å². The van der Waals surface area contributed by atoms with Gasteiger partial charge in [-0.05, 0) is 19.3 Å². The molecule has 3 nitrogen and oxygen atoms in total. The highest BCUT2D eigenvalue weighted by Crippen LogP contribution is 2.37. The molecule has 0 saturated heterocycles. The highest BCUT2D eigenvalue weighted by Gasteiger charge is 2.46. The zero-order chi connectivity index (χ0) is 7.83. The molecule has 1 fully saturated rings. The average molecular weight is 159 g/mol. The van der Waals surface area contributed by atoms with E-state index in [1.165, 1.54) is 0 Å². The summed E-state index contributed by atoms with van der Waals surface area (Å²) in [6, 6.07) is 1.87.